The zero-order chi connectivity index (χ0) is 51.8. The number of nitro benzene ring substituents is 1. The van der Waals surface area contributed by atoms with Gasteiger partial charge in [-0.3, -0.25) is 52.0 Å². The number of aryl methyl sites for hydroxylation is 1. The minimum atomic E-state index is -0.882. The Morgan fingerprint density at radius 2 is 1.16 bits per heavy atom. The molecule has 0 amide bonds. The topological polar surface area (TPSA) is 285 Å². The molecule has 386 valence electrons. The molecule has 17 nitrogen and oxygen atoms in total. The molecule has 23 heteroatoms. The summed E-state index contributed by atoms with van der Waals surface area (Å²) >= 11 is 0. The van der Waals surface area contributed by atoms with E-state index < -0.39 is 22.5 Å². The fourth-order valence-electron chi connectivity index (χ4n) is 4.88. The third-order valence-electron chi connectivity index (χ3n) is 8.91. The second-order valence-corrected chi connectivity index (χ2v) is 22.9. The highest BCUT2D eigenvalue weighted by Gasteiger charge is 2.23. The predicted molar refractivity (Wildman–Crippen MR) is 292 cm³/mol. The van der Waals surface area contributed by atoms with Gasteiger partial charge in [0.25, 0.3) is 5.69 Å². The van der Waals surface area contributed by atoms with Crippen LogP contribution in [0.3, 0.4) is 0 Å². The van der Waals surface area contributed by atoms with Crippen LogP contribution in [0.4, 0.5) is 5.69 Å². The van der Waals surface area contributed by atoms with Crippen LogP contribution in [-0.2, 0) is 19.1 Å². The Labute approximate surface area is 432 Å². The summed E-state index contributed by atoms with van der Waals surface area (Å²) in [5.41, 5.74) is 14.2. The normalized spacial score (nSPS) is 11.1. The fraction of sp³-hybridized carbons (Fsp3) is 0.565. The van der Waals surface area contributed by atoms with Crippen LogP contribution < -0.4 is 42.9 Å². The van der Waals surface area contributed by atoms with Crippen molar-refractivity contribution in [3.8, 4) is 0 Å². The maximum absolute atomic E-state index is 12.4. The van der Waals surface area contributed by atoms with Gasteiger partial charge in [-0.05, 0) is 77.2 Å². The summed E-state index contributed by atoms with van der Waals surface area (Å²) in [4.78, 5) is 65.6. The Balaban J connectivity index is 0.00000114. The number of rotatable bonds is 35. The van der Waals surface area contributed by atoms with Gasteiger partial charge in [0.05, 0.1) is 49.6 Å². The number of carbonyl (C=O) groups excluding carboxylic acids is 4. The first-order chi connectivity index (χ1) is 32.9. The number of nitrogens with two attached hydrogens (primary N) is 4. The number of nitrogens with zero attached hydrogens (tertiary/aromatic N) is 1. The maximum atomic E-state index is 12.4. The van der Waals surface area contributed by atoms with Crippen molar-refractivity contribution in [1.82, 2.24) is 10.6 Å². The lowest BCUT2D eigenvalue weighted by molar-refractivity contribution is -0.460. The van der Waals surface area contributed by atoms with Gasteiger partial charge in [0.15, 0.2) is 0 Å². The van der Waals surface area contributed by atoms with Gasteiger partial charge < -0.3 is 20.1 Å². The fourth-order valence-corrected chi connectivity index (χ4v) is 11.2. The van der Waals surface area contributed by atoms with E-state index >= 15 is 0 Å². The van der Waals surface area contributed by atoms with E-state index in [0.29, 0.717) is 16.9 Å². The van der Waals surface area contributed by atoms with E-state index in [1.165, 1.54) is 53.1 Å². The molecule has 0 saturated carbocycles. The lowest BCUT2D eigenvalue weighted by Crippen LogP contribution is -2.77. The van der Waals surface area contributed by atoms with Gasteiger partial charge in [-0.25, -0.2) is 9.59 Å². The molecule has 0 saturated heterocycles. The highest BCUT2D eigenvalue weighted by molar-refractivity contribution is 8.77. The molecule has 0 unspecified atom stereocenters. The summed E-state index contributed by atoms with van der Waals surface area (Å²) < 4.78 is 10.2. The summed E-state index contributed by atoms with van der Waals surface area (Å²) in [6.07, 6.45) is 6.80. The standard InChI is InChI=1S/C24H25NO8S2.C12H26N4S2.C10H22N4S2/c1-4-17(27)10-12-33-23(28)20-13-18(6-5-15(20)2)34-35-19-7-8-22(25(30)31)21(14-19)24(29)32-11-9-16(3)26;1-11(13)5-9-17-18-10-6-12(14)16-8-4-3-7-15-2;1-9(11)3-7-15-16-8-4-10(12)14-6-5-13-2/h5-8,13-14H,4,9-12H2,1-3H3;13,15H,3-10H2,1-2H3,(H2,14,16);11,13H,3-8H2,1-2H3,(H2,12,14)/p+4. The molecule has 0 aliphatic heterocycles. The number of unbranched alkanes of at least 4 members (excludes halogenated alkanes) is 1. The summed E-state index contributed by atoms with van der Waals surface area (Å²) in [5.74, 6) is 4.51. The number of nitrogens with one attached hydrogen (secondary N) is 4. The number of hydrogen-bond acceptors (Lipinski definition) is 16. The van der Waals surface area contributed by atoms with E-state index in [9.17, 15) is 29.3 Å². The Morgan fingerprint density at radius 1 is 0.681 bits per heavy atom. The Kier molecular flexibility index (Phi) is 39.9. The first-order valence-corrected chi connectivity index (χ1v) is 29.8. The van der Waals surface area contributed by atoms with Gasteiger partial charge in [0, 0.05) is 91.4 Å². The summed E-state index contributed by atoms with van der Waals surface area (Å²) in [5, 5.41) is 28.7. The third kappa shape index (κ3) is 36.1. The van der Waals surface area contributed by atoms with Gasteiger partial charge >= 0.3 is 11.9 Å². The van der Waals surface area contributed by atoms with Crippen LogP contribution in [0.15, 0.2) is 46.2 Å². The monoisotopic (exact) mass is 1080 g/mol. The van der Waals surface area contributed by atoms with Crippen molar-refractivity contribution in [1.29, 1.82) is 0 Å². The quantitative estimate of drug-likeness (QED) is 0.00934. The van der Waals surface area contributed by atoms with Crippen LogP contribution >= 0.6 is 64.8 Å². The Bertz CT molecular complexity index is 1960. The molecule has 2 rings (SSSR count). The van der Waals surface area contributed by atoms with E-state index in [-0.39, 0.29) is 43.2 Å². The molecule has 0 heterocycles. The number of amidine groups is 2. The smallest absolute Gasteiger partial charge is 0.345 e. The van der Waals surface area contributed by atoms with Crippen LogP contribution in [0, 0.1) is 17.0 Å². The van der Waals surface area contributed by atoms with Crippen LogP contribution in [0.2, 0.25) is 0 Å². The molecular formula is C46H77N9O8S6+4. The van der Waals surface area contributed by atoms with Crippen molar-refractivity contribution in [2.45, 2.75) is 102 Å². The maximum Gasteiger partial charge on any atom is 0.345 e. The molecule has 2 aromatic rings. The van der Waals surface area contributed by atoms with Gasteiger partial charge in [0.1, 0.15) is 28.6 Å². The number of ether oxygens (including phenoxy) is 2. The predicted octanol–water partition coefficient (Wildman–Crippen LogP) is 2.20. The Hall–Kier alpha value is -3.58. The van der Waals surface area contributed by atoms with E-state index in [1.807, 2.05) is 77.2 Å². The van der Waals surface area contributed by atoms with Gasteiger partial charge in [-0.15, -0.1) is 0 Å². The number of Topliss-reactive ketones (excluding diaryl/α,β-unsaturated/α-hetero) is 2. The van der Waals surface area contributed by atoms with Gasteiger partial charge in [-0.2, -0.15) is 0 Å². The van der Waals surface area contributed by atoms with Crippen LogP contribution in [-0.4, -0.2) is 128 Å². The SMILES string of the molecule is CCC(=O)CCOC(=O)c1cc(SSc2ccc([N+](=O)[O-])c(C(=O)OCCC(C)=O)c2)ccc1C.CNCCCC[NH+]=C(N)CCSSCCC(C)=[NH2+].CNCC[NH+]=C(N)CCSSCCC(C)=[NH2+]. The van der Waals surface area contributed by atoms with Crippen molar-refractivity contribution in [2.75, 3.05) is 76.5 Å². The van der Waals surface area contributed by atoms with Crippen molar-refractivity contribution >= 4 is 117 Å². The van der Waals surface area contributed by atoms with Crippen molar-refractivity contribution < 1.29 is 54.4 Å². The van der Waals surface area contributed by atoms with Crippen molar-refractivity contribution in [2.24, 2.45) is 11.5 Å². The molecule has 0 aliphatic carbocycles. The largest absolute Gasteiger partial charge is 0.462 e. The molecule has 12 N–H and O–H groups in total. The van der Waals surface area contributed by atoms with E-state index in [4.69, 9.17) is 31.8 Å². The zero-order valence-electron chi connectivity index (χ0n) is 41.4. The van der Waals surface area contributed by atoms with E-state index in [0.717, 1.165) is 115 Å². The highest BCUT2D eigenvalue weighted by atomic mass is 33.1. The number of carbonyl (C=O) groups is 4. The molecule has 0 fully saturated rings. The highest BCUT2D eigenvalue weighted by Crippen LogP contribution is 2.39. The lowest BCUT2D eigenvalue weighted by Gasteiger charge is -2.09. The molecule has 0 aliphatic rings. The number of ketones is 2. The molecule has 69 heavy (non-hydrogen) atoms. The second kappa shape index (κ2) is 42.1. The van der Waals surface area contributed by atoms with Crippen molar-refractivity contribution in [3.63, 3.8) is 0 Å². The van der Waals surface area contributed by atoms with Crippen LogP contribution in [0.1, 0.15) is 112 Å². The van der Waals surface area contributed by atoms with Gasteiger partial charge in [-0.1, -0.05) is 77.8 Å². The number of likely N-dealkylation sites (N-methyl/N-ethyl adjacent to an activating group) is 1. The Morgan fingerprint density at radius 3 is 1.65 bits per heavy atom. The molecular weight excluding hydrogens is 999 g/mol. The molecule has 0 atom stereocenters. The molecule has 0 spiro atoms. The second-order valence-electron chi connectivity index (χ2n) is 15.2. The number of esters is 2. The first-order valence-electron chi connectivity index (χ1n) is 22.7. The number of nitro groups is 1. The first kappa shape index (κ1) is 65.4. The lowest BCUT2D eigenvalue weighted by atomic mass is 10.1. The number of benzene rings is 2. The van der Waals surface area contributed by atoms with Gasteiger partial charge in [0.2, 0.25) is 11.7 Å². The zero-order valence-corrected chi connectivity index (χ0v) is 46.3. The van der Waals surface area contributed by atoms with Crippen molar-refractivity contribution in [3.05, 3.63) is 63.2 Å². The van der Waals surface area contributed by atoms with Crippen LogP contribution in [0.5, 0.6) is 0 Å². The third-order valence-corrected chi connectivity index (χ3v) is 16.1. The average molecular weight is 1080 g/mol. The van der Waals surface area contributed by atoms with E-state index in [1.54, 1.807) is 26.0 Å². The molecule has 0 bridgehead atoms. The van der Waals surface area contributed by atoms with Crippen LogP contribution in [0.25, 0.3) is 0 Å². The van der Waals surface area contributed by atoms with E-state index in [2.05, 4.69) is 20.6 Å². The summed E-state index contributed by atoms with van der Waals surface area (Å²) in [6, 6.07) is 9.34. The number of hydrogen-bond donors (Lipinski definition) is 8. The average Bonchev–Trinajstić information content (AvgIpc) is 3.30. The molecule has 2 aromatic carbocycles. The molecule has 0 aromatic heterocycles. The minimum Gasteiger partial charge on any atom is -0.462 e. The summed E-state index contributed by atoms with van der Waals surface area (Å²) in [6.45, 7) is 12.5. The molecule has 0 radical (unpaired) electrons. The summed E-state index contributed by atoms with van der Waals surface area (Å²) in [7, 11) is 13.9. The minimum absolute atomic E-state index is 0.0143.